The van der Waals surface area contributed by atoms with E-state index in [2.05, 4.69) is 26.4 Å². The van der Waals surface area contributed by atoms with Crippen molar-refractivity contribution in [2.45, 2.75) is 26.5 Å². The maximum atomic E-state index is 12.2. The Morgan fingerprint density at radius 3 is 2.78 bits per heavy atom. The van der Waals surface area contributed by atoms with E-state index in [1.165, 1.54) is 17.7 Å². The van der Waals surface area contributed by atoms with E-state index in [0.29, 0.717) is 18.5 Å². The molecule has 0 unspecified atom stereocenters. The van der Waals surface area contributed by atoms with Gasteiger partial charge in [-0.05, 0) is 42.7 Å². The third-order valence-corrected chi connectivity index (χ3v) is 4.26. The molecule has 0 saturated carbocycles. The summed E-state index contributed by atoms with van der Waals surface area (Å²) in [6.07, 6.45) is 0.709. The molecule has 3 aromatic rings. The standard InChI is InChI=1S/C20H21F2N3O2/c1-13-16(17-7-2-3-8-18(17)25-13)9-10-23-20(26)24-12-14-5-4-6-15(11-14)27-19(21)22/h2-8,11,19,25H,9-10,12H2,1H3,(H2,23,24,26). The number of para-hydroxylation sites is 1. The van der Waals surface area contributed by atoms with Crippen molar-refractivity contribution < 1.29 is 18.3 Å². The van der Waals surface area contributed by atoms with Gasteiger partial charge in [0.2, 0.25) is 0 Å². The van der Waals surface area contributed by atoms with E-state index >= 15 is 0 Å². The lowest BCUT2D eigenvalue weighted by Gasteiger charge is -2.09. The number of carbonyl (C=O) groups is 1. The number of ether oxygens (including phenoxy) is 1. The van der Waals surface area contributed by atoms with E-state index in [0.717, 1.165) is 16.6 Å². The van der Waals surface area contributed by atoms with Gasteiger partial charge in [0.15, 0.2) is 0 Å². The smallest absolute Gasteiger partial charge is 0.387 e. The summed E-state index contributed by atoms with van der Waals surface area (Å²) in [4.78, 5) is 15.3. The third-order valence-electron chi connectivity index (χ3n) is 4.26. The molecule has 0 radical (unpaired) electrons. The van der Waals surface area contributed by atoms with Crippen LogP contribution in [0.5, 0.6) is 5.75 Å². The van der Waals surface area contributed by atoms with Gasteiger partial charge in [-0.2, -0.15) is 8.78 Å². The van der Waals surface area contributed by atoms with Gasteiger partial charge in [0.05, 0.1) is 0 Å². The molecule has 0 aliphatic rings. The summed E-state index contributed by atoms with van der Waals surface area (Å²) < 4.78 is 28.8. The quantitative estimate of drug-likeness (QED) is 0.583. The lowest BCUT2D eigenvalue weighted by Crippen LogP contribution is -2.36. The number of urea groups is 1. The highest BCUT2D eigenvalue weighted by molar-refractivity contribution is 5.84. The zero-order valence-corrected chi connectivity index (χ0v) is 14.9. The van der Waals surface area contributed by atoms with Crippen molar-refractivity contribution in [3.05, 3.63) is 65.4 Å². The molecule has 0 spiro atoms. The third kappa shape index (κ3) is 4.97. The molecule has 1 aromatic heterocycles. The molecule has 3 rings (SSSR count). The van der Waals surface area contributed by atoms with E-state index in [1.54, 1.807) is 12.1 Å². The van der Waals surface area contributed by atoms with Crippen LogP contribution < -0.4 is 15.4 Å². The summed E-state index contributed by atoms with van der Waals surface area (Å²) in [5.74, 6) is 0.0690. The Balaban J connectivity index is 1.48. The number of hydrogen-bond acceptors (Lipinski definition) is 2. The number of aromatic amines is 1. The Bertz CT molecular complexity index is 924. The van der Waals surface area contributed by atoms with Gasteiger partial charge in [-0.25, -0.2) is 4.79 Å². The van der Waals surface area contributed by atoms with Crippen LogP contribution in [0.25, 0.3) is 10.9 Å². The van der Waals surface area contributed by atoms with Gasteiger partial charge in [-0.3, -0.25) is 0 Å². The fraction of sp³-hybridized carbons (Fsp3) is 0.250. The number of hydrogen-bond donors (Lipinski definition) is 3. The van der Waals surface area contributed by atoms with Crippen LogP contribution in [0.2, 0.25) is 0 Å². The van der Waals surface area contributed by atoms with Crippen LogP contribution in [0.4, 0.5) is 13.6 Å². The van der Waals surface area contributed by atoms with Gasteiger partial charge in [0.1, 0.15) is 5.75 Å². The molecule has 2 amide bonds. The molecular formula is C20H21F2N3O2. The minimum atomic E-state index is -2.87. The molecule has 2 aromatic carbocycles. The van der Waals surface area contributed by atoms with Crippen LogP contribution >= 0.6 is 0 Å². The van der Waals surface area contributed by atoms with Crippen LogP contribution in [-0.4, -0.2) is 24.2 Å². The summed E-state index contributed by atoms with van der Waals surface area (Å²) in [5.41, 5.74) is 4.04. The minimum absolute atomic E-state index is 0.0690. The fourth-order valence-electron chi connectivity index (χ4n) is 3.03. The van der Waals surface area contributed by atoms with Gasteiger partial charge in [-0.15, -0.1) is 0 Å². The van der Waals surface area contributed by atoms with Gasteiger partial charge in [0.25, 0.3) is 0 Å². The molecule has 7 heteroatoms. The predicted molar refractivity (Wildman–Crippen MR) is 100 cm³/mol. The van der Waals surface area contributed by atoms with Gasteiger partial charge in [0, 0.05) is 29.7 Å². The zero-order chi connectivity index (χ0) is 19.2. The molecule has 3 N–H and O–H groups in total. The van der Waals surface area contributed by atoms with Crippen LogP contribution in [0, 0.1) is 6.92 Å². The maximum Gasteiger partial charge on any atom is 0.387 e. The molecule has 0 saturated heterocycles. The van der Waals surface area contributed by atoms with E-state index in [1.807, 2.05) is 25.1 Å². The lowest BCUT2D eigenvalue weighted by molar-refractivity contribution is -0.0498. The molecule has 1 heterocycles. The average molecular weight is 373 g/mol. The average Bonchev–Trinajstić information content (AvgIpc) is 2.95. The summed E-state index contributed by atoms with van der Waals surface area (Å²) in [7, 11) is 0. The number of carbonyl (C=O) groups excluding carboxylic acids is 1. The summed E-state index contributed by atoms with van der Waals surface area (Å²) in [6.45, 7) is -0.143. The molecule has 0 aliphatic heterocycles. The molecule has 5 nitrogen and oxygen atoms in total. The number of nitrogens with one attached hydrogen (secondary N) is 3. The number of halogens is 2. The number of rotatable bonds is 7. The number of H-pyrrole nitrogens is 1. The van der Waals surface area contributed by atoms with Crippen molar-refractivity contribution in [3.8, 4) is 5.75 Å². The summed E-state index contributed by atoms with van der Waals surface area (Å²) >= 11 is 0. The predicted octanol–water partition coefficient (Wildman–Crippen LogP) is 4.12. The molecule has 142 valence electrons. The first-order chi connectivity index (χ1) is 13.0. The lowest BCUT2D eigenvalue weighted by atomic mass is 10.1. The van der Waals surface area contributed by atoms with Crippen molar-refractivity contribution >= 4 is 16.9 Å². The molecular weight excluding hydrogens is 352 g/mol. The van der Waals surface area contributed by atoms with Gasteiger partial charge >= 0.3 is 12.6 Å². The molecule has 0 bridgehead atoms. The molecule has 0 aliphatic carbocycles. The number of alkyl halides is 2. The summed E-state index contributed by atoms with van der Waals surface area (Å²) in [6, 6.07) is 14.0. The fourth-order valence-corrected chi connectivity index (χ4v) is 3.03. The van der Waals surface area contributed by atoms with Gasteiger partial charge in [-0.1, -0.05) is 30.3 Å². The van der Waals surface area contributed by atoms with Crippen molar-refractivity contribution in [2.24, 2.45) is 0 Å². The molecule has 27 heavy (non-hydrogen) atoms. The second kappa shape index (κ2) is 8.53. The van der Waals surface area contributed by atoms with E-state index in [9.17, 15) is 13.6 Å². The van der Waals surface area contributed by atoms with Crippen molar-refractivity contribution in [1.29, 1.82) is 0 Å². The monoisotopic (exact) mass is 373 g/mol. The first kappa shape index (κ1) is 18.7. The largest absolute Gasteiger partial charge is 0.435 e. The number of aromatic nitrogens is 1. The Kier molecular flexibility index (Phi) is 5.90. The van der Waals surface area contributed by atoms with Crippen LogP contribution in [0.15, 0.2) is 48.5 Å². The van der Waals surface area contributed by atoms with Crippen LogP contribution in [0.3, 0.4) is 0 Å². The molecule has 0 atom stereocenters. The SMILES string of the molecule is Cc1[nH]c2ccccc2c1CCNC(=O)NCc1cccc(OC(F)F)c1. The Hall–Kier alpha value is -3.09. The van der Waals surface area contributed by atoms with Crippen LogP contribution in [-0.2, 0) is 13.0 Å². The topological polar surface area (TPSA) is 66.2 Å². The van der Waals surface area contributed by atoms with E-state index in [4.69, 9.17) is 0 Å². The number of fused-ring (bicyclic) bond motifs is 1. The first-order valence-corrected chi connectivity index (χ1v) is 8.64. The number of aryl methyl sites for hydroxylation is 1. The van der Waals surface area contributed by atoms with E-state index in [-0.39, 0.29) is 18.3 Å². The maximum absolute atomic E-state index is 12.2. The highest BCUT2D eigenvalue weighted by Gasteiger charge is 2.09. The van der Waals surface area contributed by atoms with E-state index < -0.39 is 6.61 Å². The van der Waals surface area contributed by atoms with Gasteiger partial charge < -0.3 is 20.4 Å². The van der Waals surface area contributed by atoms with Crippen molar-refractivity contribution in [3.63, 3.8) is 0 Å². The Labute approximate surface area is 155 Å². The van der Waals surface area contributed by atoms with Crippen LogP contribution in [0.1, 0.15) is 16.8 Å². The summed E-state index contributed by atoms with van der Waals surface area (Å²) in [5, 5.41) is 6.69. The second-order valence-electron chi connectivity index (χ2n) is 6.16. The Morgan fingerprint density at radius 2 is 1.96 bits per heavy atom. The Morgan fingerprint density at radius 1 is 1.15 bits per heavy atom. The normalized spacial score (nSPS) is 11.0. The first-order valence-electron chi connectivity index (χ1n) is 8.64. The van der Waals surface area contributed by atoms with Crippen molar-refractivity contribution in [2.75, 3.05) is 6.54 Å². The minimum Gasteiger partial charge on any atom is -0.435 e. The number of amides is 2. The highest BCUT2D eigenvalue weighted by atomic mass is 19.3. The highest BCUT2D eigenvalue weighted by Crippen LogP contribution is 2.22. The van der Waals surface area contributed by atoms with Crippen molar-refractivity contribution in [1.82, 2.24) is 15.6 Å². The number of benzene rings is 2. The molecule has 0 fully saturated rings. The zero-order valence-electron chi connectivity index (χ0n) is 14.9. The second-order valence-corrected chi connectivity index (χ2v) is 6.16.